The van der Waals surface area contributed by atoms with Crippen LogP contribution in [0.1, 0.15) is 5.56 Å². The second-order valence-electron chi connectivity index (χ2n) is 2.83. The minimum absolute atomic E-state index is 0.770. The molecule has 0 aliphatic carbocycles. The van der Waals surface area contributed by atoms with E-state index in [1.807, 2.05) is 18.2 Å². The fraction of sp³-hybridized carbons (Fsp3) is 0.111. The molecule has 1 aromatic carbocycles. The molecule has 0 bridgehead atoms. The van der Waals surface area contributed by atoms with Crippen LogP contribution in [0.15, 0.2) is 18.2 Å². The summed E-state index contributed by atoms with van der Waals surface area (Å²) in [4.78, 5) is 0. The summed E-state index contributed by atoms with van der Waals surface area (Å²) in [5.74, 6) is 0. The number of hydrogen-bond acceptors (Lipinski definition) is 3. The topological polar surface area (TPSA) is 52.0 Å². The van der Waals surface area contributed by atoms with Gasteiger partial charge in [-0.25, -0.2) is 0 Å². The van der Waals surface area contributed by atoms with E-state index in [0.717, 1.165) is 21.6 Å². The van der Waals surface area contributed by atoms with Crippen LogP contribution >= 0.6 is 27.3 Å². The molecule has 2 rings (SSSR count). The Morgan fingerprint density at radius 3 is 2.77 bits per heavy atom. The lowest BCUT2D eigenvalue weighted by Crippen LogP contribution is -1.90. The highest BCUT2D eigenvalue weighted by Gasteiger charge is 2.06. The molecule has 0 spiro atoms. The first kappa shape index (κ1) is 8.84. The van der Waals surface area contributed by atoms with Crippen LogP contribution < -0.4 is 11.5 Å². The molecule has 0 saturated carbocycles. The van der Waals surface area contributed by atoms with Crippen LogP contribution in [0.25, 0.3) is 10.1 Å². The number of benzene rings is 1. The zero-order chi connectivity index (χ0) is 9.42. The van der Waals surface area contributed by atoms with Crippen molar-refractivity contribution in [2.24, 2.45) is 0 Å². The van der Waals surface area contributed by atoms with E-state index in [4.69, 9.17) is 11.5 Å². The summed E-state index contributed by atoms with van der Waals surface area (Å²) >= 11 is 5.01. The molecule has 0 radical (unpaired) electrons. The average molecular weight is 257 g/mol. The zero-order valence-electron chi connectivity index (χ0n) is 6.88. The molecule has 4 N–H and O–H groups in total. The molecule has 0 aliphatic rings. The number of nitrogens with two attached hydrogens (primary N) is 2. The lowest BCUT2D eigenvalue weighted by molar-refractivity contribution is 1.50. The van der Waals surface area contributed by atoms with Crippen LogP contribution in [-0.4, -0.2) is 0 Å². The summed E-state index contributed by atoms with van der Waals surface area (Å²) in [5.41, 5.74) is 13.5. The first-order chi connectivity index (χ1) is 6.22. The molecule has 4 heteroatoms. The number of thiophene rings is 1. The smallest absolute Gasteiger partial charge is 0.0868 e. The van der Waals surface area contributed by atoms with Crippen molar-refractivity contribution >= 4 is 48.0 Å². The van der Waals surface area contributed by atoms with E-state index >= 15 is 0 Å². The van der Waals surface area contributed by atoms with Gasteiger partial charge >= 0.3 is 0 Å². The van der Waals surface area contributed by atoms with E-state index < -0.39 is 0 Å². The second kappa shape index (κ2) is 3.20. The summed E-state index contributed by atoms with van der Waals surface area (Å²) in [6, 6.07) is 5.92. The highest BCUT2D eigenvalue weighted by molar-refractivity contribution is 9.08. The Kier molecular flexibility index (Phi) is 2.17. The largest absolute Gasteiger partial charge is 0.398 e. The summed E-state index contributed by atoms with van der Waals surface area (Å²) in [6.45, 7) is 0. The maximum absolute atomic E-state index is 5.84. The van der Waals surface area contributed by atoms with Gasteiger partial charge in [0.2, 0.25) is 0 Å². The van der Waals surface area contributed by atoms with Gasteiger partial charge in [-0.2, -0.15) is 0 Å². The molecule has 68 valence electrons. The molecule has 0 saturated heterocycles. The molecule has 1 heterocycles. The predicted molar refractivity (Wildman–Crippen MR) is 63.3 cm³/mol. The van der Waals surface area contributed by atoms with E-state index in [9.17, 15) is 0 Å². The highest BCUT2D eigenvalue weighted by atomic mass is 79.9. The Labute approximate surface area is 88.7 Å². The molecule has 13 heavy (non-hydrogen) atoms. The van der Waals surface area contributed by atoms with Gasteiger partial charge in [-0.1, -0.05) is 15.9 Å². The van der Waals surface area contributed by atoms with E-state index in [2.05, 4.69) is 15.9 Å². The molecule has 0 fully saturated rings. The van der Waals surface area contributed by atoms with Crippen LogP contribution in [0.2, 0.25) is 0 Å². The molecule has 1 aromatic heterocycles. The minimum Gasteiger partial charge on any atom is -0.398 e. The van der Waals surface area contributed by atoms with Crippen LogP contribution in [-0.2, 0) is 5.33 Å². The molecule has 0 aliphatic heterocycles. The molecular weight excluding hydrogens is 248 g/mol. The first-order valence-corrected chi connectivity index (χ1v) is 5.78. The minimum atomic E-state index is 0.770. The van der Waals surface area contributed by atoms with Gasteiger partial charge in [0.25, 0.3) is 0 Å². The van der Waals surface area contributed by atoms with E-state index in [-0.39, 0.29) is 0 Å². The summed E-state index contributed by atoms with van der Waals surface area (Å²) in [6.07, 6.45) is 0. The van der Waals surface area contributed by atoms with Crippen molar-refractivity contribution in [2.45, 2.75) is 5.33 Å². The van der Waals surface area contributed by atoms with Crippen molar-refractivity contribution in [2.75, 3.05) is 11.5 Å². The van der Waals surface area contributed by atoms with Crippen molar-refractivity contribution in [1.29, 1.82) is 0 Å². The number of hydrogen-bond donors (Lipinski definition) is 2. The number of alkyl halides is 1. The quantitative estimate of drug-likeness (QED) is 0.609. The van der Waals surface area contributed by atoms with Gasteiger partial charge in [-0.15, -0.1) is 11.3 Å². The van der Waals surface area contributed by atoms with E-state index in [0.29, 0.717) is 0 Å². The lowest BCUT2D eigenvalue weighted by Gasteiger charge is -2.02. The van der Waals surface area contributed by atoms with Gasteiger partial charge in [0.1, 0.15) is 0 Å². The maximum atomic E-state index is 5.84. The Bertz CT molecular complexity index is 450. The molecule has 2 nitrogen and oxygen atoms in total. The fourth-order valence-corrected chi connectivity index (χ4v) is 2.84. The van der Waals surface area contributed by atoms with Gasteiger partial charge < -0.3 is 11.5 Å². The van der Waals surface area contributed by atoms with E-state index in [1.165, 1.54) is 10.1 Å². The normalized spacial score (nSPS) is 10.8. The van der Waals surface area contributed by atoms with Crippen molar-refractivity contribution < 1.29 is 0 Å². The first-order valence-electron chi connectivity index (χ1n) is 3.84. The Morgan fingerprint density at radius 1 is 1.31 bits per heavy atom. The Hall–Kier alpha value is -0.740. The number of rotatable bonds is 1. The van der Waals surface area contributed by atoms with Crippen LogP contribution in [0.4, 0.5) is 10.7 Å². The summed E-state index contributed by atoms with van der Waals surface area (Å²) in [7, 11) is 0. The summed E-state index contributed by atoms with van der Waals surface area (Å²) < 4.78 is 1.20. The van der Waals surface area contributed by atoms with Crippen molar-refractivity contribution in [3.05, 3.63) is 23.8 Å². The number of anilines is 2. The zero-order valence-corrected chi connectivity index (χ0v) is 9.28. The number of halogens is 1. The molecule has 2 aromatic rings. The average Bonchev–Trinajstić information content (AvgIpc) is 2.45. The van der Waals surface area contributed by atoms with Gasteiger partial charge in [-0.3, -0.25) is 0 Å². The highest BCUT2D eigenvalue weighted by Crippen LogP contribution is 2.33. The third-order valence-electron chi connectivity index (χ3n) is 2.00. The van der Waals surface area contributed by atoms with Crippen molar-refractivity contribution in [1.82, 2.24) is 0 Å². The molecule has 0 unspecified atom stereocenters. The van der Waals surface area contributed by atoms with Gasteiger partial charge in [0.05, 0.1) is 5.00 Å². The van der Waals surface area contributed by atoms with E-state index in [1.54, 1.807) is 11.3 Å². The second-order valence-corrected chi connectivity index (χ2v) is 4.50. The SMILES string of the molecule is Nc1cc2c(CBr)c(N)ccc2s1. The van der Waals surface area contributed by atoms with Gasteiger partial charge in [-0.05, 0) is 23.8 Å². The predicted octanol–water partition coefficient (Wildman–Crippen LogP) is 2.96. The maximum Gasteiger partial charge on any atom is 0.0868 e. The molecule has 0 amide bonds. The third-order valence-corrected chi connectivity index (χ3v) is 3.49. The third kappa shape index (κ3) is 1.40. The lowest BCUT2D eigenvalue weighted by atomic mass is 10.1. The standard InChI is InChI=1S/C9H9BrN2S/c10-4-6-5-3-9(12)13-8(5)2-1-7(6)11/h1-3H,4,11-12H2. The molecule has 0 atom stereocenters. The van der Waals surface area contributed by atoms with Crippen LogP contribution in [0, 0.1) is 0 Å². The number of nitrogen functional groups attached to an aromatic ring is 2. The fourth-order valence-electron chi connectivity index (χ4n) is 1.36. The number of fused-ring (bicyclic) bond motifs is 1. The monoisotopic (exact) mass is 256 g/mol. The Morgan fingerprint density at radius 2 is 2.08 bits per heavy atom. The van der Waals surface area contributed by atoms with Gasteiger partial charge in [0, 0.05) is 21.1 Å². The Balaban J connectivity index is 2.82. The van der Waals surface area contributed by atoms with Gasteiger partial charge in [0.15, 0.2) is 0 Å². The van der Waals surface area contributed by atoms with Crippen LogP contribution in [0.5, 0.6) is 0 Å². The van der Waals surface area contributed by atoms with Crippen molar-refractivity contribution in [3.8, 4) is 0 Å². The van der Waals surface area contributed by atoms with Crippen LogP contribution in [0.3, 0.4) is 0 Å². The molecular formula is C9H9BrN2S. The van der Waals surface area contributed by atoms with Crippen molar-refractivity contribution in [3.63, 3.8) is 0 Å². The summed E-state index contributed by atoms with van der Waals surface area (Å²) in [5, 5.41) is 2.77.